The lowest BCUT2D eigenvalue weighted by molar-refractivity contribution is 0.0696. The maximum absolute atomic E-state index is 12.5. The highest BCUT2D eigenvalue weighted by molar-refractivity contribution is 5.97. The molecule has 1 aromatic carbocycles. The zero-order valence-corrected chi connectivity index (χ0v) is 16.7. The number of H-pyrrole nitrogens is 1. The van der Waals surface area contributed by atoms with Gasteiger partial charge in [0.2, 0.25) is 0 Å². The number of hydrogen-bond donors (Lipinski definition) is 3. The number of amides is 2. The van der Waals surface area contributed by atoms with Gasteiger partial charge in [0.05, 0.1) is 5.56 Å². The highest BCUT2D eigenvalue weighted by Crippen LogP contribution is 2.43. The van der Waals surface area contributed by atoms with Gasteiger partial charge < -0.3 is 25.2 Å². The lowest BCUT2D eigenvalue weighted by Crippen LogP contribution is -2.56. The molecule has 1 saturated heterocycles. The fraction of sp³-hybridized carbons (Fsp3) is 0.524. The molecule has 0 saturated carbocycles. The van der Waals surface area contributed by atoms with Crippen molar-refractivity contribution >= 4 is 22.9 Å². The SMILES string of the molecule is CCN(CC)C(=O)NC1C[C@@H]2c3cc(C(=O)O)cc4[nH]cc(c34)C[C@H]2N(C)C1. The summed E-state index contributed by atoms with van der Waals surface area (Å²) in [5, 5.41) is 13.9. The van der Waals surface area contributed by atoms with E-state index < -0.39 is 5.97 Å². The van der Waals surface area contributed by atoms with Crippen LogP contribution in [-0.2, 0) is 6.42 Å². The minimum absolute atomic E-state index is 0.0237. The van der Waals surface area contributed by atoms with Crippen molar-refractivity contribution in [3.05, 3.63) is 35.0 Å². The Morgan fingerprint density at radius 3 is 2.75 bits per heavy atom. The van der Waals surface area contributed by atoms with Crippen LogP contribution in [0.25, 0.3) is 10.9 Å². The second-order valence-corrected chi connectivity index (χ2v) is 7.98. The predicted octanol–water partition coefficient (Wildman–Crippen LogP) is 2.63. The number of nitrogens with one attached hydrogen (secondary N) is 2. The number of carbonyl (C=O) groups is 2. The van der Waals surface area contributed by atoms with E-state index in [1.807, 2.05) is 26.1 Å². The molecule has 7 heteroatoms. The molecule has 3 N–H and O–H groups in total. The van der Waals surface area contributed by atoms with Gasteiger partial charge in [-0.3, -0.25) is 0 Å². The number of piperidine rings is 1. The van der Waals surface area contributed by atoms with Gasteiger partial charge in [-0.15, -0.1) is 0 Å². The summed E-state index contributed by atoms with van der Waals surface area (Å²) in [7, 11) is 2.10. The van der Waals surface area contributed by atoms with E-state index in [1.54, 1.807) is 11.0 Å². The van der Waals surface area contributed by atoms with Gasteiger partial charge in [-0.25, -0.2) is 9.59 Å². The fourth-order valence-electron chi connectivity index (χ4n) is 5.02. The van der Waals surface area contributed by atoms with Crippen LogP contribution in [-0.4, -0.2) is 70.7 Å². The summed E-state index contributed by atoms with van der Waals surface area (Å²) in [5.41, 5.74) is 3.55. The molecule has 1 aliphatic heterocycles. The van der Waals surface area contributed by atoms with Gasteiger partial charge in [0, 0.05) is 54.7 Å². The molecule has 7 nitrogen and oxygen atoms in total. The number of urea groups is 1. The Morgan fingerprint density at radius 1 is 1.32 bits per heavy atom. The van der Waals surface area contributed by atoms with Crippen LogP contribution in [0.4, 0.5) is 4.79 Å². The van der Waals surface area contributed by atoms with Crippen molar-refractivity contribution in [2.24, 2.45) is 0 Å². The molecule has 0 bridgehead atoms. The molecule has 4 rings (SSSR count). The molecule has 1 aromatic heterocycles. The van der Waals surface area contributed by atoms with Crippen molar-refractivity contribution in [2.45, 2.75) is 44.7 Å². The molecule has 2 aromatic rings. The molecule has 1 aliphatic carbocycles. The van der Waals surface area contributed by atoms with E-state index in [-0.39, 0.29) is 18.0 Å². The molecule has 2 amide bonds. The van der Waals surface area contributed by atoms with Crippen molar-refractivity contribution < 1.29 is 14.7 Å². The van der Waals surface area contributed by atoms with E-state index in [1.165, 1.54) is 5.56 Å². The largest absolute Gasteiger partial charge is 0.478 e. The van der Waals surface area contributed by atoms with E-state index in [2.05, 4.69) is 22.2 Å². The number of rotatable bonds is 4. The van der Waals surface area contributed by atoms with Gasteiger partial charge in [-0.05, 0) is 57.0 Å². The minimum atomic E-state index is -0.910. The fourth-order valence-corrected chi connectivity index (χ4v) is 5.02. The van der Waals surface area contributed by atoms with Crippen LogP contribution in [0.15, 0.2) is 18.3 Å². The van der Waals surface area contributed by atoms with E-state index in [0.29, 0.717) is 24.7 Å². The number of benzene rings is 1. The second-order valence-electron chi connectivity index (χ2n) is 7.98. The van der Waals surface area contributed by atoms with Gasteiger partial charge in [0.15, 0.2) is 0 Å². The van der Waals surface area contributed by atoms with Crippen LogP contribution >= 0.6 is 0 Å². The normalized spacial score (nSPS) is 24.0. The maximum atomic E-state index is 12.5. The van der Waals surface area contributed by atoms with Crippen LogP contribution in [0.1, 0.15) is 47.7 Å². The van der Waals surface area contributed by atoms with Crippen LogP contribution in [0.3, 0.4) is 0 Å². The Morgan fingerprint density at radius 2 is 2.07 bits per heavy atom. The van der Waals surface area contributed by atoms with Crippen LogP contribution in [0, 0.1) is 0 Å². The van der Waals surface area contributed by atoms with Crippen LogP contribution in [0.5, 0.6) is 0 Å². The van der Waals surface area contributed by atoms with Crippen molar-refractivity contribution in [1.29, 1.82) is 0 Å². The second kappa shape index (κ2) is 7.13. The molecule has 150 valence electrons. The van der Waals surface area contributed by atoms with E-state index >= 15 is 0 Å². The highest BCUT2D eigenvalue weighted by Gasteiger charge is 2.40. The average Bonchev–Trinajstić information content (AvgIpc) is 3.07. The van der Waals surface area contributed by atoms with Gasteiger partial charge in [0.1, 0.15) is 0 Å². The van der Waals surface area contributed by atoms with Gasteiger partial charge in [-0.1, -0.05) is 0 Å². The Hall–Kier alpha value is -2.54. The van der Waals surface area contributed by atoms with Crippen LogP contribution < -0.4 is 5.32 Å². The third-order valence-corrected chi connectivity index (χ3v) is 6.42. The summed E-state index contributed by atoms with van der Waals surface area (Å²) < 4.78 is 0. The van der Waals surface area contributed by atoms with Gasteiger partial charge >= 0.3 is 12.0 Å². The number of carboxylic acid groups (broad SMARTS) is 1. The van der Waals surface area contributed by atoms with Crippen molar-refractivity contribution in [3.8, 4) is 0 Å². The number of hydrogen-bond acceptors (Lipinski definition) is 3. The van der Waals surface area contributed by atoms with Gasteiger partial charge in [-0.2, -0.15) is 0 Å². The topological polar surface area (TPSA) is 88.7 Å². The molecule has 2 heterocycles. The number of likely N-dealkylation sites (N-methyl/N-ethyl adjacent to an activating group) is 1. The van der Waals surface area contributed by atoms with Crippen molar-refractivity contribution in [1.82, 2.24) is 20.1 Å². The molecule has 1 fully saturated rings. The summed E-state index contributed by atoms with van der Waals surface area (Å²) in [6.45, 7) is 6.13. The average molecular weight is 384 g/mol. The number of aromatic nitrogens is 1. The van der Waals surface area contributed by atoms with Crippen LogP contribution in [0.2, 0.25) is 0 Å². The minimum Gasteiger partial charge on any atom is -0.478 e. The van der Waals surface area contributed by atoms with Crippen molar-refractivity contribution in [3.63, 3.8) is 0 Å². The van der Waals surface area contributed by atoms with E-state index in [4.69, 9.17) is 0 Å². The zero-order chi connectivity index (χ0) is 20.0. The molecular weight excluding hydrogens is 356 g/mol. The smallest absolute Gasteiger partial charge is 0.335 e. The molecule has 0 spiro atoms. The molecule has 0 radical (unpaired) electrons. The molecular formula is C21H28N4O3. The first-order chi connectivity index (χ1) is 13.4. The third kappa shape index (κ3) is 3.03. The summed E-state index contributed by atoms with van der Waals surface area (Å²) in [6.07, 6.45) is 3.78. The molecule has 28 heavy (non-hydrogen) atoms. The Kier molecular flexibility index (Phi) is 4.79. The zero-order valence-electron chi connectivity index (χ0n) is 16.7. The lowest BCUT2D eigenvalue weighted by Gasteiger charge is -2.46. The quantitative estimate of drug-likeness (QED) is 0.756. The van der Waals surface area contributed by atoms with Crippen molar-refractivity contribution in [2.75, 3.05) is 26.7 Å². The Labute approximate surface area is 164 Å². The first-order valence-electron chi connectivity index (χ1n) is 10.1. The summed E-state index contributed by atoms with van der Waals surface area (Å²) in [5.74, 6) is -0.710. The third-order valence-electron chi connectivity index (χ3n) is 6.42. The first-order valence-corrected chi connectivity index (χ1v) is 10.1. The highest BCUT2D eigenvalue weighted by atomic mass is 16.4. The van der Waals surface area contributed by atoms with E-state index in [9.17, 15) is 14.7 Å². The summed E-state index contributed by atoms with van der Waals surface area (Å²) in [6, 6.07) is 3.89. The molecule has 1 unspecified atom stereocenters. The number of nitrogens with zero attached hydrogens (tertiary/aromatic N) is 2. The molecule has 2 aliphatic rings. The number of likely N-dealkylation sites (tertiary alicyclic amines) is 1. The number of carbonyl (C=O) groups excluding carboxylic acids is 1. The van der Waals surface area contributed by atoms with Gasteiger partial charge in [0.25, 0.3) is 0 Å². The predicted molar refractivity (Wildman–Crippen MR) is 108 cm³/mol. The standard InChI is InChI=1S/C21H28N4O3/c1-4-25(5-2)21(28)23-14-9-15-16-6-12(20(26)27)7-17-19(16)13(10-22-17)8-18(15)24(3)11-14/h6-7,10,14-15,18,22H,4-5,8-9,11H2,1-3H3,(H,23,28)(H,26,27)/t14?,15-,18-/m1/s1. The number of carboxylic acids is 1. The number of aromatic carboxylic acids is 1. The summed E-state index contributed by atoms with van der Waals surface area (Å²) in [4.78, 5) is 31.5. The van der Waals surface area contributed by atoms with E-state index in [0.717, 1.165) is 35.9 Å². The number of fused-ring (bicyclic) bond motifs is 2. The Bertz CT molecular complexity index is 918. The number of aromatic amines is 1. The first kappa shape index (κ1) is 18.8. The maximum Gasteiger partial charge on any atom is 0.335 e. The monoisotopic (exact) mass is 384 g/mol. The lowest BCUT2D eigenvalue weighted by atomic mass is 9.73. The molecule has 3 atom stereocenters. The summed E-state index contributed by atoms with van der Waals surface area (Å²) >= 11 is 0. The Balaban J connectivity index is 1.67.